The first-order valence-electron chi connectivity index (χ1n) is 20.0. The minimum atomic E-state index is -1.08. The number of imide groups is 1. The molecule has 3 atom stereocenters. The van der Waals surface area contributed by atoms with Gasteiger partial charge in [-0.25, -0.2) is 4.79 Å². The zero-order valence-corrected chi connectivity index (χ0v) is 35.8. The Labute approximate surface area is 370 Å². The zero-order valence-electron chi connectivity index (χ0n) is 33.5. The standard InChI is InChI=1S/C45H42Cl2N4O10S/c1-26(52)60-35-20-33-41(31-8-4-2-6-29(31)35)27(22-46)24-50(33)43(55)37-10-11-38(62-37)44(56)51-25-28(23-47)42-32-9-5-3-7-30(32)36(21-34(42)51)61-45(57)48-14-16-58-18-19-59-17-15-49-39(53)12-13-40(49)54/h2-13,20-21,26-28,52H,14-19,22-25H2,1H3,(H,48,57). The van der Waals surface area contributed by atoms with E-state index >= 15 is 0 Å². The molecule has 322 valence electrons. The molecule has 17 heteroatoms. The van der Waals surface area contributed by atoms with Crippen LogP contribution in [-0.2, 0) is 19.1 Å². The van der Waals surface area contributed by atoms with Gasteiger partial charge >= 0.3 is 6.09 Å². The lowest BCUT2D eigenvalue weighted by Gasteiger charge is -2.20. The summed E-state index contributed by atoms with van der Waals surface area (Å²) in [4.78, 5) is 70.1. The lowest BCUT2D eigenvalue weighted by atomic mass is 9.95. The summed E-state index contributed by atoms with van der Waals surface area (Å²) in [5.41, 5.74) is 2.97. The molecule has 0 bridgehead atoms. The van der Waals surface area contributed by atoms with Gasteiger partial charge in [-0.15, -0.1) is 34.5 Å². The van der Waals surface area contributed by atoms with Gasteiger partial charge in [-0.1, -0.05) is 48.5 Å². The SMILES string of the molecule is CC(O)Oc1cc2c(c3ccccc13)C(CCl)CN2C(=O)c1ccc(C(=O)N2CC(CCl)c3c2cc(OC(=O)NCCOCCOCCN2C(=O)C=CC2=O)c2ccccc32)s1. The molecular weight excluding hydrogens is 859 g/mol. The number of thiophene rings is 1. The van der Waals surface area contributed by atoms with Crippen LogP contribution >= 0.6 is 34.5 Å². The molecule has 5 aromatic rings. The summed E-state index contributed by atoms with van der Waals surface area (Å²) in [6.45, 7) is 3.24. The van der Waals surface area contributed by atoms with Gasteiger partial charge in [0.1, 0.15) is 11.5 Å². The van der Waals surface area contributed by atoms with Crippen molar-refractivity contribution in [3.05, 3.63) is 106 Å². The average Bonchev–Trinajstić information content (AvgIpc) is 4.07. The number of benzene rings is 4. The van der Waals surface area contributed by atoms with Gasteiger partial charge in [0.25, 0.3) is 23.6 Å². The Kier molecular flexibility index (Phi) is 13.1. The van der Waals surface area contributed by atoms with Gasteiger partial charge in [0.05, 0.1) is 54.1 Å². The third-order valence-electron chi connectivity index (χ3n) is 10.9. The topological polar surface area (TPSA) is 164 Å². The molecule has 14 nitrogen and oxygen atoms in total. The monoisotopic (exact) mass is 900 g/mol. The Morgan fingerprint density at radius 1 is 0.742 bits per heavy atom. The summed E-state index contributed by atoms with van der Waals surface area (Å²) in [7, 11) is 0. The number of hydrogen-bond acceptors (Lipinski definition) is 11. The molecule has 0 saturated heterocycles. The van der Waals surface area contributed by atoms with E-state index in [0.29, 0.717) is 38.8 Å². The number of aliphatic hydroxyl groups excluding tert-OH is 1. The second-order valence-corrected chi connectivity index (χ2v) is 16.5. The highest BCUT2D eigenvalue weighted by Gasteiger charge is 2.38. The van der Waals surface area contributed by atoms with E-state index in [9.17, 15) is 29.1 Å². The highest BCUT2D eigenvalue weighted by atomic mass is 35.5. The lowest BCUT2D eigenvalue weighted by Crippen LogP contribution is -2.33. The van der Waals surface area contributed by atoms with Crippen molar-refractivity contribution in [2.45, 2.75) is 25.0 Å². The number of nitrogens with one attached hydrogen (secondary N) is 1. The summed E-state index contributed by atoms with van der Waals surface area (Å²) >= 11 is 14.1. The minimum Gasteiger partial charge on any atom is -0.465 e. The van der Waals surface area contributed by atoms with Gasteiger partial charge in [-0.2, -0.15) is 0 Å². The van der Waals surface area contributed by atoms with E-state index in [-0.39, 0.29) is 99.0 Å². The smallest absolute Gasteiger partial charge is 0.412 e. The van der Waals surface area contributed by atoms with E-state index in [2.05, 4.69) is 5.32 Å². The van der Waals surface area contributed by atoms with Crippen molar-refractivity contribution in [3.63, 3.8) is 0 Å². The fraction of sp³-hybridized carbons (Fsp3) is 0.311. The molecule has 0 spiro atoms. The van der Waals surface area contributed by atoms with E-state index in [1.807, 2.05) is 48.5 Å². The predicted octanol–water partition coefficient (Wildman–Crippen LogP) is 6.78. The van der Waals surface area contributed by atoms with Gasteiger partial charge in [0.15, 0.2) is 6.29 Å². The highest BCUT2D eigenvalue weighted by molar-refractivity contribution is 7.16. The Hall–Kier alpha value is -5.55. The third-order valence-corrected chi connectivity index (χ3v) is 12.7. The Bertz CT molecular complexity index is 2580. The number of hydrogen-bond donors (Lipinski definition) is 2. The minimum absolute atomic E-state index is 0.144. The van der Waals surface area contributed by atoms with Crippen LogP contribution in [0.4, 0.5) is 16.2 Å². The van der Waals surface area contributed by atoms with E-state index < -0.39 is 12.4 Å². The van der Waals surface area contributed by atoms with Crippen LogP contribution in [0.1, 0.15) is 49.2 Å². The summed E-state index contributed by atoms with van der Waals surface area (Å²) in [6, 6.07) is 21.9. The summed E-state index contributed by atoms with van der Waals surface area (Å²) in [6.07, 6.45) is 0.649. The molecule has 4 aromatic carbocycles. The number of carbonyl (C=O) groups is 5. The molecule has 8 rings (SSSR count). The van der Waals surface area contributed by atoms with Crippen molar-refractivity contribution in [1.29, 1.82) is 0 Å². The van der Waals surface area contributed by atoms with E-state index in [1.54, 1.807) is 34.1 Å². The molecule has 4 heterocycles. The molecule has 5 amide bonds. The predicted molar refractivity (Wildman–Crippen MR) is 236 cm³/mol. The largest absolute Gasteiger partial charge is 0.465 e. The second-order valence-electron chi connectivity index (χ2n) is 14.8. The van der Waals surface area contributed by atoms with E-state index in [1.165, 1.54) is 19.1 Å². The van der Waals surface area contributed by atoms with Crippen molar-refractivity contribution < 1.29 is 48.0 Å². The van der Waals surface area contributed by atoms with Crippen molar-refractivity contribution >= 4 is 97.2 Å². The maximum atomic E-state index is 14.4. The number of amides is 5. The molecule has 3 aliphatic rings. The summed E-state index contributed by atoms with van der Waals surface area (Å²) < 4.78 is 22.6. The van der Waals surface area contributed by atoms with Gasteiger partial charge in [0, 0.05) is 78.3 Å². The number of alkyl halides is 2. The maximum absolute atomic E-state index is 14.4. The highest BCUT2D eigenvalue weighted by Crippen LogP contribution is 2.48. The van der Waals surface area contributed by atoms with Crippen LogP contribution in [0.25, 0.3) is 21.5 Å². The molecule has 0 fully saturated rings. The fourth-order valence-electron chi connectivity index (χ4n) is 8.15. The van der Waals surface area contributed by atoms with Gasteiger partial charge < -0.3 is 39.2 Å². The number of rotatable bonds is 16. The van der Waals surface area contributed by atoms with Crippen LogP contribution in [0.5, 0.6) is 11.5 Å². The number of anilines is 2. The molecule has 3 aliphatic heterocycles. The number of fused-ring (bicyclic) bond motifs is 6. The first kappa shape index (κ1) is 43.1. The first-order valence-corrected chi connectivity index (χ1v) is 21.9. The normalized spacial score (nSPS) is 17.3. The van der Waals surface area contributed by atoms with Crippen LogP contribution in [0.3, 0.4) is 0 Å². The van der Waals surface area contributed by atoms with Gasteiger partial charge in [0.2, 0.25) is 0 Å². The zero-order chi connectivity index (χ0) is 43.5. The molecule has 62 heavy (non-hydrogen) atoms. The third kappa shape index (κ3) is 8.61. The van der Waals surface area contributed by atoms with E-state index in [0.717, 1.165) is 43.5 Å². The van der Waals surface area contributed by atoms with Crippen molar-refractivity contribution in [3.8, 4) is 11.5 Å². The fourth-order valence-corrected chi connectivity index (χ4v) is 9.56. The van der Waals surface area contributed by atoms with E-state index in [4.69, 9.17) is 42.1 Å². The van der Waals surface area contributed by atoms with Crippen molar-refractivity contribution in [2.75, 3.05) is 74.2 Å². The number of aliphatic hydroxyl groups is 1. The van der Waals surface area contributed by atoms with Crippen LogP contribution in [-0.4, -0.2) is 110 Å². The van der Waals surface area contributed by atoms with Crippen LogP contribution in [0.15, 0.2) is 84.9 Å². The Morgan fingerprint density at radius 3 is 1.77 bits per heavy atom. The Balaban J connectivity index is 0.945. The molecule has 3 unspecified atom stereocenters. The number of carbonyl (C=O) groups excluding carboxylic acids is 5. The number of ether oxygens (including phenoxy) is 4. The average molecular weight is 902 g/mol. The number of nitrogens with zero attached hydrogens (tertiary/aromatic N) is 3. The molecule has 1 aromatic heterocycles. The summed E-state index contributed by atoms with van der Waals surface area (Å²) in [5.74, 6) is -0.512. The number of halogens is 2. The molecular formula is C45H42Cl2N4O10S. The quantitative estimate of drug-likeness (QED) is 0.0467. The van der Waals surface area contributed by atoms with Crippen LogP contribution in [0, 0.1) is 0 Å². The molecule has 2 N–H and O–H groups in total. The maximum Gasteiger partial charge on any atom is 0.412 e. The van der Waals surface area contributed by atoms with Crippen molar-refractivity contribution in [2.24, 2.45) is 0 Å². The second kappa shape index (κ2) is 18.8. The van der Waals surface area contributed by atoms with Crippen LogP contribution in [0.2, 0.25) is 0 Å². The molecule has 0 radical (unpaired) electrons. The summed E-state index contributed by atoms with van der Waals surface area (Å²) in [5, 5.41) is 15.9. The first-order chi connectivity index (χ1) is 30.1. The molecule has 0 aliphatic carbocycles. The van der Waals surface area contributed by atoms with Gasteiger partial charge in [-0.05, 0) is 41.0 Å². The molecule has 0 saturated carbocycles. The van der Waals surface area contributed by atoms with Crippen LogP contribution < -0.4 is 24.6 Å². The Morgan fingerprint density at radius 2 is 1.24 bits per heavy atom. The lowest BCUT2D eigenvalue weighted by molar-refractivity contribution is -0.137. The van der Waals surface area contributed by atoms with Gasteiger partial charge in [-0.3, -0.25) is 24.1 Å². The van der Waals surface area contributed by atoms with Crippen molar-refractivity contribution in [1.82, 2.24) is 10.2 Å².